The number of carbonyl (C=O) groups is 1. The molecule has 0 spiro atoms. The minimum atomic E-state index is -1.02. The number of hydrogen-bond donors (Lipinski definition) is 2. The summed E-state index contributed by atoms with van der Waals surface area (Å²) in [4.78, 5) is 10.9. The maximum Gasteiger partial charge on any atom is 0.328 e. The quantitative estimate of drug-likeness (QED) is 0.804. The zero-order valence-electron chi connectivity index (χ0n) is 9.73. The average Bonchev–Trinajstić information content (AvgIpc) is 2.30. The van der Waals surface area contributed by atoms with Gasteiger partial charge in [0.1, 0.15) is 12.1 Å². The van der Waals surface area contributed by atoms with Gasteiger partial charge in [-0.1, -0.05) is 6.07 Å². The lowest BCUT2D eigenvalue weighted by molar-refractivity contribution is -0.139. The lowest BCUT2D eigenvalue weighted by atomic mass is 10.1. The Morgan fingerprint density at radius 2 is 2.35 bits per heavy atom. The summed E-state index contributed by atoms with van der Waals surface area (Å²) in [5.41, 5.74) is 1.88. The molecule has 1 atom stereocenters. The van der Waals surface area contributed by atoms with Gasteiger partial charge in [-0.15, -0.1) is 0 Å². The first-order valence-corrected chi connectivity index (χ1v) is 5.07. The number of carboxylic acid groups (broad SMARTS) is 1. The molecule has 0 aliphatic heterocycles. The molecule has 1 aromatic carbocycles. The van der Waals surface area contributed by atoms with E-state index in [1.165, 1.54) is 7.11 Å². The van der Waals surface area contributed by atoms with E-state index in [4.69, 9.17) is 15.1 Å². The third-order valence-corrected chi connectivity index (χ3v) is 2.26. The van der Waals surface area contributed by atoms with Crippen LogP contribution in [0.2, 0.25) is 0 Å². The summed E-state index contributed by atoms with van der Waals surface area (Å²) < 4.78 is 4.81. The van der Waals surface area contributed by atoms with Gasteiger partial charge in [-0.2, -0.15) is 5.26 Å². The summed E-state index contributed by atoms with van der Waals surface area (Å²) >= 11 is 0. The number of nitriles is 1. The summed E-state index contributed by atoms with van der Waals surface area (Å²) in [6, 6.07) is 6.37. The Balaban J connectivity index is 2.93. The van der Waals surface area contributed by atoms with Crippen molar-refractivity contribution in [3.05, 3.63) is 29.3 Å². The van der Waals surface area contributed by atoms with E-state index >= 15 is 0 Å². The molecule has 0 saturated carbocycles. The molecule has 1 unspecified atom stereocenters. The maximum atomic E-state index is 10.9. The molecule has 1 rings (SSSR count). The van der Waals surface area contributed by atoms with Gasteiger partial charge < -0.3 is 15.2 Å². The molecule has 2 N–H and O–H groups in total. The number of anilines is 1. The van der Waals surface area contributed by atoms with Crippen molar-refractivity contribution < 1.29 is 14.6 Å². The van der Waals surface area contributed by atoms with Gasteiger partial charge in [0, 0.05) is 7.11 Å². The SMILES string of the molecule is COCC(Nc1ccc(C)cc1C#N)C(=O)O. The smallest absolute Gasteiger partial charge is 0.328 e. The fraction of sp³-hybridized carbons (Fsp3) is 0.333. The van der Waals surface area contributed by atoms with Crippen LogP contribution >= 0.6 is 0 Å². The van der Waals surface area contributed by atoms with Gasteiger partial charge in [0.2, 0.25) is 0 Å². The standard InChI is InChI=1S/C12H14N2O3/c1-8-3-4-10(9(5-8)6-13)14-11(7-17-2)12(15)16/h3-5,11,14H,7H2,1-2H3,(H,15,16). The van der Waals surface area contributed by atoms with E-state index < -0.39 is 12.0 Å². The lowest BCUT2D eigenvalue weighted by Gasteiger charge is -2.15. The molecule has 0 saturated heterocycles. The number of rotatable bonds is 5. The van der Waals surface area contributed by atoms with Gasteiger partial charge in [0.15, 0.2) is 0 Å². The van der Waals surface area contributed by atoms with Crippen LogP contribution < -0.4 is 5.32 Å². The second-order valence-electron chi connectivity index (χ2n) is 3.65. The van der Waals surface area contributed by atoms with Gasteiger partial charge in [-0.05, 0) is 24.6 Å². The maximum absolute atomic E-state index is 10.9. The van der Waals surface area contributed by atoms with Gasteiger partial charge in [-0.3, -0.25) is 0 Å². The molecule has 0 aromatic heterocycles. The second kappa shape index (κ2) is 5.87. The first-order chi connectivity index (χ1) is 8.08. The molecule has 17 heavy (non-hydrogen) atoms. The van der Waals surface area contributed by atoms with Crippen molar-refractivity contribution in [1.29, 1.82) is 5.26 Å². The topological polar surface area (TPSA) is 82.3 Å². The molecular weight excluding hydrogens is 220 g/mol. The molecule has 0 amide bonds. The first-order valence-electron chi connectivity index (χ1n) is 5.07. The monoisotopic (exact) mass is 234 g/mol. The van der Waals surface area contributed by atoms with Crippen molar-refractivity contribution in [1.82, 2.24) is 0 Å². The number of aryl methyl sites for hydroxylation is 1. The molecule has 0 fully saturated rings. The van der Waals surface area contributed by atoms with Crippen molar-refractivity contribution in [2.24, 2.45) is 0 Å². The van der Waals surface area contributed by atoms with Crippen molar-refractivity contribution in [3.8, 4) is 6.07 Å². The average molecular weight is 234 g/mol. The van der Waals surface area contributed by atoms with Crippen LogP contribution in [-0.4, -0.2) is 30.8 Å². The van der Waals surface area contributed by atoms with Crippen molar-refractivity contribution in [2.45, 2.75) is 13.0 Å². The number of benzene rings is 1. The predicted octanol–water partition coefficient (Wildman–Crippen LogP) is 1.38. The zero-order valence-corrected chi connectivity index (χ0v) is 9.73. The Morgan fingerprint density at radius 3 is 2.88 bits per heavy atom. The molecule has 0 bridgehead atoms. The summed E-state index contributed by atoms with van der Waals surface area (Å²) in [6.45, 7) is 1.91. The molecule has 5 nitrogen and oxygen atoms in total. The number of aliphatic carboxylic acids is 1. The third-order valence-electron chi connectivity index (χ3n) is 2.26. The number of ether oxygens (including phenoxy) is 1. The first kappa shape index (κ1) is 13.0. The normalized spacial score (nSPS) is 11.6. The summed E-state index contributed by atoms with van der Waals surface area (Å²) in [7, 11) is 1.43. The highest BCUT2D eigenvalue weighted by Gasteiger charge is 2.18. The van der Waals surface area contributed by atoms with E-state index in [-0.39, 0.29) is 6.61 Å². The number of nitrogens with zero attached hydrogens (tertiary/aromatic N) is 1. The molecule has 0 aliphatic rings. The number of nitrogens with one attached hydrogen (secondary N) is 1. The van der Waals surface area contributed by atoms with Gasteiger partial charge in [0.25, 0.3) is 0 Å². The Kier molecular flexibility index (Phi) is 4.49. The van der Waals surface area contributed by atoms with E-state index in [2.05, 4.69) is 5.32 Å². The predicted molar refractivity (Wildman–Crippen MR) is 62.8 cm³/mol. The highest BCUT2D eigenvalue weighted by atomic mass is 16.5. The van der Waals surface area contributed by atoms with Crippen molar-refractivity contribution >= 4 is 11.7 Å². The van der Waals surface area contributed by atoms with Crippen molar-refractivity contribution in [2.75, 3.05) is 19.0 Å². The number of carboxylic acids is 1. The Labute approximate surface area is 99.6 Å². The molecule has 90 valence electrons. The van der Waals surface area contributed by atoms with Crippen LogP contribution in [0.4, 0.5) is 5.69 Å². The number of methoxy groups -OCH3 is 1. The largest absolute Gasteiger partial charge is 0.480 e. The van der Waals surface area contributed by atoms with E-state index in [0.29, 0.717) is 11.3 Å². The summed E-state index contributed by atoms with van der Waals surface area (Å²) in [5.74, 6) is -1.02. The van der Waals surface area contributed by atoms with E-state index in [1.807, 2.05) is 19.1 Å². The van der Waals surface area contributed by atoms with Crippen LogP contribution in [0.3, 0.4) is 0 Å². The van der Waals surface area contributed by atoms with Crippen LogP contribution in [0.15, 0.2) is 18.2 Å². The van der Waals surface area contributed by atoms with Gasteiger partial charge in [0.05, 0.1) is 17.9 Å². The highest BCUT2D eigenvalue weighted by Crippen LogP contribution is 2.17. The van der Waals surface area contributed by atoms with E-state index in [0.717, 1.165) is 5.56 Å². The summed E-state index contributed by atoms with van der Waals surface area (Å²) in [5, 5.41) is 20.7. The van der Waals surface area contributed by atoms with E-state index in [9.17, 15) is 4.79 Å². The van der Waals surface area contributed by atoms with Crippen LogP contribution in [0, 0.1) is 18.3 Å². The van der Waals surface area contributed by atoms with Crippen LogP contribution in [0.1, 0.15) is 11.1 Å². The Morgan fingerprint density at radius 1 is 1.65 bits per heavy atom. The highest BCUT2D eigenvalue weighted by molar-refractivity contribution is 5.78. The number of hydrogen-bond acceptors (Lipinski definition) is 4. The molecule has 0 radical (unpaired) electrons. The van der Waals surface area contributed by atoms with Crippen LogP contribution in [0.25, 0.3) is 0 Å². The molecule has 1 aromatic rings. The Hall–Kier alpha value is -2.06. The van der Waals surface area contributed by atoms with Gasteiger partial charge >= 0.3 is 5.97 Å². The molecule has 0 heterocycles. The minimum absolute atomic E-state index is 0.0358. The second-order valence-corrected chi connectivity index (χ2v) is 3.65. The molecule has 0 aliphatic carbocycles. The van der Waals surface area contributed by atoms with Crippen LogP contribution in [-0.2, 0) is 9.53 Å². The van der Waals surface area contributed by atoms with Gasteiger partial charge in [-0.25, -0.2) is 4.79 Å². The third kappa shape index (κ3) is 3.47. The fourth-order valence-electron chi connectivity index (χ4n) is 1.41. The molecule has 5 heteroatoms. The minimum Gasteiger partial charge on any atom is -0.480 e. The Bertz CT molecular complexity index is 452. The zero-order chi connectivity index (χ0) is 12.8. The van der Waals surface area contributed by atoms with Crippen LogP contribution in [0.5, 0.6) is 0 Å². The van der Waals surface area contributed by atoms with Crippen molar-refractivity contribution in [3.63, 3.8) is 0 Å². The van der Waals surface area contributed by atoms with E-state index in [1.54, 1.807) is 12.1 Å². The molecular formula is C12H14N2O3. The summed E-state index contributed by atoms with van der Waals surface area (Å²) in [6.07, 6.45) is 0. The lowest BCUT2D eigenvalue weighted by Crippen LogP contribution is -2.33. The fourth-order valence-corrected chi connectivity index (χ4v) is 1.41.